The van der Waals surface area contributed by atoms with Crippen LogP contribution in [0, 0.1) is 0 Å². The molecule has 1 N–H and O–H groups in total. The molecule has 1 aliphatic rings. The summed E-state index contributed by atoms with van der Waals surface area (Å²) in [7, 11) is 1.55. The Morgan fingerprint density at radius 2 is 1.57 bits per heavy atom. The molecule has 0 radical (unpaired) electrons. The minimum atomic E-state index is -4.42. The highest BCUT2D eigenvalue weighted by Crippen LogP contribution is 2.39. The quantitative estimate of drug-likeness (QED) is 0.579. The monoisotopic (exact) mass is 413 g/mol. The summed E-state index contributed by atoms with van der Waals surface area (Å²) < 4.78 is 49.9. The molecule has 30 heavy (non-hydrogen) atoms. The van der Waals surface area contributed by atoms with Crippen molar-refractivity contribution in [1.29, 1.82) is 0 Å². The van der Waals surface area contributed by atoms with Gasteiger partial charge in [-0.2, -0.15) is 13.2 Å². The predicted molar refractivity (Wildman–Crippen MR) is 105 cm³/mol. The fourth-order valence-electron chi connectivity index (χ4n) is 3.54. The van der Waals surface area contributed by atoms with Gasteiger partial charge >= 0.3 is 12.3 Å². The standard InChI is InChI=1S/C23H18F3NO3/c1-29-19-10-4-8-17(13-19)21-20(27-22(28)30-21)16-7-2-5-14(11-16)15-6-3-9-18(12-15)23(24,25)26/h2-13,20-21H,1H3,(H,27,28)/t20-,21-/m0/s1. The second kappa shape index (κ2) is 7.74. The number of cyclic esters (lactones) is 1. The number of rotatable bonds is 4. The van der Waals surface area contributed by atoms with Crippen LogP contribution < -0.4 is 10.1 Å². The number of hydrogen-bond donors (Lipinski definition) is 1. The number of carbonyl (C=O) groups is 1. The molecule has 3 aromatic carbocycles. The van der Waals surface area contributed by atoms with E-state index in [0.29, 0.717) is 16.9 Å². The number of amides is 1. The van der Waals surface area contributed by atoms with Crippen LogP contribution in [0.25, 0.3) is 11.1 Å². The second-order valence-electron chi connectivity index (χ2n) is 6.93. The van der Waals surface area contributed by atoms with Gasteiger partial charge in [-0.05, 0) is 52.6 Å². The zero-order chi connectivity index (χ0) is 21.3. The van der Waals surface area contributed by atoms with Crippen LogP contribution in [0.3, 0.4) is 0 Å². The second-order valence-corrected chi connectivity index (χ2v) is 6.93. The van der Waals surface area contributed by atoms with E-state index < -0.39 is 30.0 Å². The number of ether oxygens (including phenoxy) is 2. The molecular formula is C23H18F3NO3. The Bertz CT molecular complexity index is 1080. The lowest BCUT2D eigenvalue weighted by Gasteiger charge is -2.19. The molecule has 1 amide bonds. The molecule has 7 heteroatoms. The normalized spacial score (nSPS) is 18.6. The smallest absolute Gasteiger partial charge is 0.416 e. The van der Waals surface area contributed by atoms with Gasteiger partial charge in [0.2, 0.25) is 0 Å². The van der Waals surface area contributed by atoms with Crippen LogP contribution in [0.4, 0.5) is 18.0 Å². The summed E-state index contributed by atoms with van der Waals surface area (Å²) in [6, 6.07) is 18.9. The largest absolute Gasteiger partial charge is 0.497 e. The van der Waals surface area contributed by atoms with Crippen molar-refractivity contribution in [3.63, 3.8) is 0 Å². The number of benzene rings is 3. The topological polar surface area (TPSA) is 47.6 Å². The zero-order valence-electron chi connectivity index (χ0n) is 15.9. The van der Waals surface area contributed by atoms with Crippen molar-refractivity contribution >= 4 is 6.09 Å². The Morgan fingerprint density at radius 1 is 0.900 bits per heavy atom. The molecule has 3 aromatic rings. The maximum absolute atomic E-state index is 13.1. The first kappa shape index (κ1) is 19.8. The summed E-state index contributed by atoms with van der Waals surface area (Å²) in [5.74, 6) is 0.631. The number of hydrogen-bond acceptors (Lipinski definition) is 3. The van der Waals surface area contributed by atoms with Crippen LogP contribution in [0.1, 0.15) is 28.8 Å². The minimum absolute atomic E-state index is 0.440. The average Bonchev–Trinajstić information content (AvgIpc) is 3.15. The third-order valence-corrected chi connectivity index (χ3v) is 5.00. The summed E-state index contributed by atoms with van der Waals surface area (Å²) in [6.45, 7) is 0. The van der Waals surface area contributed by atoms with Gasteiger partial charge in [-0.25, -0.2) is 4.79 Å². The van der Waals surface area contributed by atoms with Crippen LogP contribution in [-0.4, -0.2) is 13.2 Å². The third-order valence-electron chi connectivity index (χ3n) is 5.00. The molecule has 4 nitrogen and oxygen atoms in total. The average molecular weight is 413 g/mol. The fourth-order valence-corrected chi connectivity index (χ4v) is 3.54. The molecule has 0 unspecified atom stereocenters. The number of alkyl carbamates (subject to hydrolysis) is 1. The van der Waals surface area contributed by atoms with Crippen molar-refractivity contribution in [1.82, 2.24) is 5.32 Å². The molecule has 2 atom stereocenters. The molecule has 0 spiro atoms. The summed E-state index contributed by atoms with van der Waals surface area (Å²) in [4.78, 5) is 12.0. The lowest BCUT2D eigenvalue weighted by atomic mass is 9.93. The first-order valence-electron chi connectivity index (χ1n) is 9.24. The maximum atomic E-state index is 13.1. The van der Waals surface area contributed by atoms with Gasteiger partial charge in [0.1, 0.15) is 5.75 Å². The molecule has 0 aromatic heterocycles. The fraction of sp³-hybridized carbons (Fsp3) is 0.174. The molecule has 0 aliphatic carbocycles. The predicted octanol–water partition coefficient (Wildman–Crippen LogP) is 5.90. The van der Waals surface area contributed by atoms with Gasteiger partial charge in [0.05, 0.1) is 18.7 Å². The Morgan fingerprint density at radius 3 is 2.30 bits per heavy atom. The van der Waals surface area contributed by atoms with E-state index in [0.717, 1.165) is 23.3 Å². The van der Waals surface area contributed by atoms with Crippen LogP contribution in [0.5, 0.6) is 5.75 Å². The lowest BCUT2D eigenvalue weighted by Crippen LogP contribution is -2.19. The Hall–Kier alpha value is -3.48. The van der Waals surface area contributed by atoms with Gasteiger partial charge in [0, 0.05) is 0 Å². The van der Waals surface area contributed by atoms with Crippen molar-refractivity contribution in [2.75, 3.05) is 7.11 Å². The van der Waals surface area contributed by atoms with E-state index in [2.05, 4.69) is 5.32 Å². The number of nitrogens with one attached hydrogen (secondary N) is 1. The van der Waals surface area contributed by atoms with Gasteiger partial charge in [0.15, 0.2) is 6.10 Å². The van der Waals surface area contributed by atoms with E-state index in [1.807, 2.05) is 12.1 Å². The first-order chi connectivity index (χ1) is 14.3. The van der Waals surface area contributed by atoms with Gasteiger partial charge in [-0.1, -0.05) is 42.5 Å². The van der Waals surface area contributed by atoms with Crippen LogP contribution >= 0.6 is 0 Å². The summed E-state index contributed by atoms with van der Waals surface area (Å²) >= 11 is 0. The highest BCUT2D eigenvalue weighted by molar-refractivity contribution is 5.72. The van der Waals surface area contributed by atoms with Crippen molar-refractivity contribution in [2.45, 2.75) is 18.3 Å². The lowest BCUT2D eigenvalue weighted by molar-refractivity contribution is -0.137. The van der Waals surface area contributed by atoms with Gasteiger partial charge in [-0.15, -0.1) is 0 Å². The number of carbonyl (C=O) groups excluding carboxylic acids is 1. The Kier molecular flexibility index (Phi) is 5.11. The maximum Gasteiger partial charge on any atom is 0.416 e. The first-order valence-corrected chi connectivity index (χ1v) is 9.24. The molecule has 1 fully saturated rings. The molecule has 0 bridgehead atoms. The summed E-state index contributed by atoms with van der Waals surface area (Å²) in [6.07, 6.45) is -5.57. The highest BCUT2D eigenvalue weighted by Gasteiger charge is 2.37. The van der Waals surface area contributed by atoms with Crippen LogP contribution in [0.15, 0.2) is 72.8 Å². The van der Waals surface area contributed by atoms with Crippen LogP contribution in [-0.2, 0) is 10.9 Å². The molecule has 1 saturated heterocycles. The molecule has 154 valence electrons. The third kappa shape index (κ3) is 3.96. The van der Waals surface area contributed by atoms with E-state index in [1.54, 1.807) is 49.6 Å². The zero-order valence-corrected chi connectivity index (χ0v) is 15.9. The highest BCUT2D eigenvalue weighted by atomic mass is 19.4. The number of halogens is 3. The minimum Gasteiger partial charge on any atom is -0.497 e. The molecule has 0 saturated carbocycles. The number of methoxy groups -OCH3 is 1. The Balaban J connectivity index is 1.70. The van der Waals surface area contributed by atoms with Crippen molar-refractivity contribution in [3.8, 4) is 16.9 Å². The Labute approximate surface area is 171 Å². The summed E-state index contributed by atoms with van der Waals surface area (Å²) in [5, 5.41) is 2.79. The SMILES string of the molecule is COc1cccc([C@@H]2OC(=O)N[C@H]2c2cccc(-c3cccc(C(F)(F)F)c3)c2)c1. The van der Waals surface area contributed by atoms with E-state index in [-0.39, 0.29) is 0 Å². The van der Waals surface area contributed by atoms with E-state index in [4.69, 9.17) is 9.47 Å². The van der Waals surface area contributed by atoms with E-state index in [1.165, 1.54) is 6.07 Å². The van der Waals surface area contributed by atoms with Crippen molar-refractivity contribution < 1.29 is 27.4 Å². The molecular weight excluding hydrogens is 395 g/mol. The summed E-state index contributed by atoms with van der Waals surface area (Å²) in [5.41, 5.74) is 1.82. The van der Waals surface area contributed by atoms with Gasteiger partial charge in [-0.3, -0.25) is 0 Å². The van der Waals surface area contributed by atoms with Crippen LogP contribution in [0.2, 0.25) is 0 Å². The van der Waals surface area contributed by atoms with E-state index in [9.17, 15) is 18.0 Å². The molecule has 4 rings (SSSR count). The molecule has 1 heterocycles. The molecule has 1 aliphatic heterocycles. The van der Waals surface area contributed by atoms with Crippen molar-refractivity contribution in [3.05, 3.63) is 89.5 Å². The van der Waals surface area contributed by atoms with Gasteiger partial charge in [0.25, 0.3) is 0 Å². The van der Waals surface area contributed by atoms with E-state index >= 15 is 0 Å². The van der Waals surface area contributed by atoms with Gasteiger partial charge < -0.3 is 14.8 Å². The number of alkyl halides is 3. The van der Waals surface area contributed by atoms with Crippen molar-refractivity contribution in [2.24, 2.45) is 0 Å².